The molecule has 0 saturated carbocycles. The Balaban J connectivity index is 1.43. The van der Waals surface area contributed by atoms with Crippen molar-refractivity contribution in [1.29, 1.82) is 5.26 Å². The third kappa shape index (κ3) is 5.24. The van der Waals surface area contributed by atoms with Crippen LogP contribution in [0.5, 0.6) is 5.75 Å². The van der Waals surface area contributed by atoms with Crippen molar-refractivity contribution in [2.24, 2.45) is 5.92 Å². The van der Waals surface area contributed by atoms with Crippen molar-refractivity contribution in [1.82, 2.24) is 4.90 Å². The van der Waals surface area contributed by atoms with Gasteiger partial charge in [-0.2, -0.15) is 5.26 Å². The number of nitrogens with zero attached hydrogens (tertiary/aromatic N) is 2. The summed E-state index contributed by atoms with van der Waals surface area (Å²) >= 11 is 0. The summed E-state index contributed by atoms with van der Waals surface area (Å²) < 4.78 is 11.3. The van der Waals surface area contributed by atoms with Crippen LogP contribution in [0, 0.1) is 24.2 Å². The monoisotopic (exact) mass is 364 g/mol. The Morgan fingerprint density at radius 1 is 1.19 bits per heavy atom. The second-order valence-corrected chi connectivity index (χ2v) is 6.89. The lowest BCUT2D eigenvalue weighted by molar-refractivity contribution is 0.0761. The molecular formula is C22H24N2O3. The minimum atomic E-state index is -0.260. The molecule has 5 nitrogen and oxygen atoms in total. The van der Waals surface area contributed by atoms with Crippen LogP contribution in [0.3, 0.4) is 0 Å². The molecule has 0 atom stereocenters. The van der Waals surface area contributed by atoms with Crippen LogP contribution in [0.25, 0.3) is 0 Å². The van der Waals surface area contributed by atoms with Crippen molar-refractivity contribution in [3.63, 3.8) is 0 Å². The Morgan fingerprint density at radius 2 is 1.93 bits per heavy atom. The van der Waals surface area contributed by atoms with Crippen molar-refractivity contribution in [2.45, 2.75) is 26.4 Å². The fraction of sp³-hybridized carbons (Fsp3) is 0.364. The Labute approximate surface area is 160 Å². The second kappa shape index (κ2) is 9.09. The SMILES string of the molecule is Cc1ccc(C#N)c(OCC2CCN(C(=O)OCc3ccccc3)CC2)c1. The minimum absolute atomic E-state index is 0.260. The highest BCUT2D eigenvalue weighted by molar-refractivity contribution is 5.67. The molecule has 3 rings (SSSR count). The predicted octanol–water partition coefficient (Wildman–Crippen LogP) is 4.29. The highest BCUT2D eigenvalue weighted by Gasteiger charge is 2.24. The lowest BCUT2D eigenvalue weighted by Gasteiger charge is -2.31. The van der Waals surface area contributed by atoms with E-state index in [1.165, 1.54) is 0 Å². The summed E-state index contributed by atoms with van der Waals surface area (Å²) in [5.41, 5.74) is 2.61. The van der Waals surface area contributed by atoms with Gasteiger partial charge in [-0.25, -0.2) is 4.79 Å². The molecule has 0 unspecified atom stereocenters. The summed E-state index contributed by atoms with van der Waals surface area (Å²) in [5, 5.41) is 9.19. The quantitative estimate of drug-likeness (QED) is 0.794. The Morgan fingerprint density at radius 3 is 2.63 bits per heavy atom. The van der Waals surface area contributed by atoms with Gasteiger partial charge >= 0.3 is 6.09 Å². The maximum atomic E-state index is 12.2. The number of aryl methyl sites for hydroxylation is 1. The lowest BCUT2D eigenvalue weighted by Crippen LogP contribution is -2.40. The van der Waals surface area contributed by atoms with Crippen molar-refractivity contribution in [2.75, 3.05) is 19.7 Å². The van der Waals surface area contributed by atoms with Gasteiger partial charge in [-0.3, -0.25) is 0 Å². The minimum Gasteiger partial charge on any atom is -0.492 e. The number of carbonyl (C=O) groups is 1. The van der Waals surface area contributed by atoms with E-state index in [1.54, 1.807) is 11.0 Å². The topological polar surface area (TPSA) is 62.6 Å². The average molecular weight is 364 g/mol. The first-order valence-electron chi connectivity index (χ1n) is 9.25. The van der Waals surface area contributed by atoms with Crippen LogP contribution in [-0.4, -0.2) is 30.7 Å². The molecule has 0 radical (unpaired) electrons. The average Bonchev–Trinajstić information content (AvgIpc) is 2.71. The van der Waals surface area contributed by atoms with Crippen LogP contribution in [0.1, 0.15) is 29.5 Å². The Hall–Kier alpha value is -3.00. The van der Waals surface area contributed by atoms with Gasteiger partial charge in [0.15, 0.2) is 0 Å². The molecule has 1 aliphatic heterocycles. The van der Waals surface area contributed by atoms with Crippen LogP contribution in [0.4, 0.5) is 4.79 Å². The molecular weight excluding hydrogens is 340 g/mol. The normalized spacial score (nSPS) is 14.4. The van der Waals surface area contributed by atoms with Gasteiger partial charge in [0, 0.05) is 13.1 Å². The molecule has 1 amide bonds. The van der Waals surface area contributed by atoms with E-state index in [0.29, 0.717) is 43.5 Å². The molecule has 1 fully saturated rings. The van der Waals surface area contributed by atoms with E-state index in [1.807, 2.05) is 49.4 Å². The summed E-state index contributed by atoms with van der Waals surface area (Å²) in [6, 6.07) is 17.4. The molecule has 2 aromatic carbocycles. The van der Waals surface area contributed by atoms with E-state index < -0.39 is 0 Å². The number of ether oxygens (including phenoxy) is 2. The van der Waals surface area contributed by atoms with Gasteiger partial charge in [0.25, 0.3) is 0 Å². The van der Waals surface area contributed by atoms with Crippen molar-refractivity contribution in [3.05, 3.63) is 65.2 Å². The highest BCUT2D eigenvalue weighted by Crippen LogP contribution is 2.23. The first-order valence-corrected chi connectivity index (χ1v) is 9.25. The standard InChI is InChI=1S/C22H24N2O3/c1-17-7-8-20(14-23)21(13-17)26-15-19-9-11-24(12-10-19)22(25)27-16-18-5-3-2-4-6-18/h2-8,13,19H,9-12,15-16H2,1H3. The first-order chi connectivity index (χ1) is 13.2. The van der Waals surface area contributed by atoms with E-state index in [-0.39, 0.29) is 6.09 Å². The molecule has 5 heteroatoms. The van der Waals surface area contributed by atoms with E-state index >= 15 is 0 Å². The smallest absolute Gasteiger partial charge is 0.410 e. The van der Waals surface area contributed by atoms with E-state index in [9.17, 15) is 10.1 Å². The van der Waals surface area contributed by atoms with Gasteiger partial charge < -0.3 is 14.4 Å². The number of nitriles is 1. The molecule has 0 N–H and O–H groups in total. The summed E-state index contributed by atoms with van der Waals surface area (Å²) in [4.78, 5) is 14.0. The number of hydrogen-bond donors (Lipinski definition) is 0. The van der Waals surface area contributed by atoms with Gasteiger partial charge in [0.2, 0.25) is 0 Å². The van der Waals surface area contributed by atoms with Crippen LogP contribution in [0.2, 0.25) is 0 Å². The summed E-state index contributed by atoms with van der Waals surface area (Å²) in [6.07, 6.45) is 1.48. The molecule has 2 aromatic rings. The van der Waals surface area contributed by atoms with Gasteiger partial charge in [0.05, 0.1) is 12.2 Å². The number of benzene rings is 2. The zero-order valence-electron chi connectivity index (χ0n) is 15.6. The number of likely N-dealkylation sites (tertiary alicyclic amines) is 1. The molecule has 1 heterocycles. The maximum absolute atomic E-state index is 12.2. The molecule has 0 aromatic heterocycles. The third-order valence-electron chi connectivity index (χ3n) is 4.81. The van der Waals surface area contributed by atoms with Crippen LogP contribution in [-0.2, 0) is 11.3 Å². The largest absolute Gasteiger partial charge is 0.492 e. The number of piperidine rings is 1. The van der Waals surface area contributed by atoms with Gasteiger partial charge in [-0.1, -0.05) is 36.4 Å². The van der Waals surface area contributed by atoms with Crippen LogP contribution >= 0.6 is 0 Å². The van der Waals surface area contributed by atoms with Crippen molar-refractivity contribution >= 4 is 6.09 Å². The molecule has 1 aliphatic rings. The third-order valence-corrected chi connectivity index (χ3v) is 4.81. The van der Waals surface area contributed by atoms with Gasteiger partial charge in [-0.05, 0) is 48.9 Å². The van der Waals surface area contributed by atoms with Gasteiger partial charge in [0.1, 0.15) is 18.4 Å². The molecule has 0 spiro atoms. The summed E-state index contributed by atoms with van der Waals surface area (Å²) in [7, 11) is 0. The number of rotatable bonds is 5. The number of carbonyl (C=O) groups excluding carboxylic acids is 1. The van der Waals surface area contributed by atoms with Gasteiger partial charge in [-0.15, -0.1) is 0 Å². The molecule has 1 saturated heterocycles. The summed E-state index contributed by atoms with van der Waals surface area (Å²) in [5.74, 6) is 1.01. The van der Waals surface area contributed by atoms with Crippen LogP contribution in [0.15, 0.2) is 48.5 Å². The first kappa shape index (κ1) is 18.8. The number of amides is 1. The van der Waals surface area contributed by atoms with E-state index in [0.717, 1.165) is 24.0 Å². The van der Waals surface area contributed by atoms with E-state index in [2.05, 4.69) is 6.07 Å². The number of hydrogen-bond acceptors (Lipinski definition) is 4. The zero-order valence-corrected chi connectivity index (χ0v) is 15.6. The van der Waals surface area contributed by atoms with Crippen molar-refractivity contribution < 1.29 is 14.3 Å². The fourth-order valence-corrected chi connectivity index (χ4v) is 3.14. The fourth-order valence-electron chi connectivity index (χ4n) is 3.14. The Bertz CT molecular complexity index is 806. The summed E-state index contributed by atoms with van der Waals surface area (Å²) in [6.45, 7) is 4.17. The second-order valence-electron chi connectivity index (χ2n) is 6.89. The molecule has 0 bridgehead atoms. The zero-order chi connectivity index (χ0) is 19.1. The molecule has 27 heavy (non-hydrogen) atoms. The maximum Gasteiger partial charge on any atom is 0.410 e. The predicted molar refractivity (Wildman–Crippen MR) is 102 cm³/mol. The highest BCUT2D eigenvalue weighted by atomic mass is 16.6. The molecule has 140 valence electrons. The van der Waals surface area contributed by atoms with Crippen molar-refractivity contribution in [3.8, 4) is 11.8 Å². The van der Waals surface area contributed by atoms with E-state index in [4.69, 9.17) is 9.47 Å². The molecule has 0 aliphatic carbocycles. The lowest BCUT2D eigenvalue weighted by atomic mass is 9.98. The Kier molecular flexibility index (Phi) is 6.32. The van der Waals surface area contributed by atoms with Crippen LogP contribution < -0.4 is 4.74 Å².